The Labute approximate surface area is 155 Å². The van der Waals surface area contributed by atoms with Crippen molar-refractivity contribution in [1.82, 2.24) is 0 Å². The molecule has 1 atom stereocenters. The van der Waals surface area contributed by atoms with E-state index in [1.807, 2.05) is 0 Å². The highest BCUT2D eigenvalue weighted by molar-refractivity contribution is 7.92. The van der Waals surface area contributed by atoms with Crippen LogP contribution < -0.4 is 9.62 Å². The van der Waals surface area contributed by atoms with Gasteiger partial charge in [0.1, 0.15) is 6.04 Å². The Morgan fingerprint density at radius 1 is 1.19 bits per heavy atom. The van der Waals surface area contributed by atoms with Gasteiger partial charge in [-0.15, -0.1) is 0 Å². The van der Waals surface area contributed by atoms with Crippen LogP contribution in [-0.2, 0) is 14.8 Å². The minimum atomic E-state index is -3.95. The lowest BCUT2D eigenvalue weighted by Gasteiger charge is -2.28. The summed E-state index contributed by atoms with van der Waals surface area (Å²) in [6, 6.07) is 6.31. The van der Waals surface area contributed by atoms with Crippen LogP contribution in [0.25, 0.3) is 0 Å². The maximum Gasteiger partial charge on any atom is 0.248 e. The van der Waals surface area contributed by atoms with Crippen LogP contribution in [-0.4, -0.2) is 26.6 Å². The molecule has 0 heterocycles. The molecule has 1 N–H and O–H groups in total. The first-order chi connectivity index (χ1) is 12.0. The first-order valence-corrected chi connectivity index (χ1v) is 9.75. The van der Waals surface area contributed by atoms with Crippen LogP contribution in [0, 0.1) is 18.6 Å². The van der Waals surface area contributed by atoms with Crippen LogP contribution in [0.2, 0.25) is 5.02 Å². The van der Waals surface area contributed by atoms with E-state index in [1.54, 1.807) is 25.1 Å². The molecule has 2 rings (SSSR count). The second-order valence-corrected chi connectivity index (χ2v) is 8.00. The normalized spacial score (nSPS) is 12.5. The Hall–Kier alpha value is -2.19. The van der Waals surface area contributed by atoms with Gasteiger partial charge in [0.15, 0.2) is 11.6 Å². The number of hydrogen-bond donors (Lipinski definition) is 1. The average Bonchev–Trinajstić information content (AvgIpc) is 2.54. The second kappa shape index (κ2) is 7.59. The number of rotatable bonds is 5. The third-order valence-electron chi connectivity index (χ3n) is 3.77. The Morgan fingerprint density at radius 2 is 1.85 bits per heavy atom. The molecule has 0 aromatic heterocycles. The average molecular weight is 403 g/mol. The highest BCUT2D eigenvalue weighted by atomic mass is 35.5. The molecule has 0 aliphatic carbocycles. The number of carbonyl (C=O) groups is 1. The fourth-order valence-electron chi connectivity index (χ4n) is 2.41. The topological polar surface area (TPSA) is 66.5 Å². The minimum Gasteiger partial charge on any atom is -0.324 e. The summed E-state index contributed by atoms with van der Waals surface area (Å²) in [6.45, 7) is 3.05. The SMILES string of the molecule is Cc1c(Cl)cccc1NC(=O)[C@H](C)N(c1ccc(F)c(F)c1)S(C)(=O)=O. The summed E-state index contributed by atoms with van der Waals surface area (Å²) in [5.41, 5.74) is 0.887. The number of hydrogen-bond acceptors (Lipinski definition) is 3. The van der Waals surface area contributed by atoms with Crippen LogP contribution in [0.1, 0.15) is 12.5 Å². The standard InChI is InChI=1S/C17H17ClF2N2O3S/c1-10-13(18)5-4-6-16(10)21-17(23)11(2)22(26(3,24)25)12-7-8-14(19)15(20)9-12/h4-9,11H,1-3H3,(H,21,23)/t11-/m0/s1. The van der Waals surface area contributed by atoms with Crippen molar-refractivity contribution in [3.05, 3.63) is 58.6 Å². The third-order valence-corrected chi connectivity index (χ3v) is 5.42. The summed E-state index contributed by atoms with van der Waals surface area (Å²) in [5.74, 6) is -2.98. The fraction of sp³-hybridized carbons (Fsp3) is 0.235. The molecule has 0 aliphatic rings. The van der Waals surface area contributed by atoms with E-state index in [9.17, 15) is 22.0 Å². The number of carbonyl (C=O) groups excluding carboxylic acids is 1. The number of anilines is 2. The predicted octanol–water partition coefficient (Wildman–Crippen LogP) is 3.72. The van der Waals surface area contributed by atoms with Gasteiger partial charge >= 0.3 is 0 Å². The van der Waals surface area contributed by atoms with E-state index in [4.69, 9.17) is 11.6 Å². The van der Waals surface area contributed by atoms with Gasteiger partial charge in [0.2, 0.25) is 15.9 Å². The fourth-order valence-corrected chi connectivity index (χ4v) is 3.75. The van der Waals surface area contributed by atoms with Crippen molar-refractivity contribution in [2.45, 2.75) is 19.9 Å². The summed E-state index contributed by atoms with van der Waals surface area (Å²) in [4.78, 5) is 12.6. The molecule has 0 spiro atoms. The summed E-state index contributed by atoms with van der Waals surface area (Å²) >= 11 is 6.01. The first kappa shape index (κ1) is 20.1. The van der Waals surface area contributed by atoms with Gasteiger partial charge in [0.05, 0.1) is 11.9 Å². The molecule has 0 saturated carbocycles. The van der Waals surface area contributed by atoms with Crippen molar-refractivity contribution < 1.29 is 22.0 Å². The molecule has 0 radical (unpaired) electrons. The number of halogens is 3. The molecule has 140 valence electrons. The van der Waals surface area contributed by atoms with E-state index < -0.39 is 33.6 Å². The summed E-state index contributed by atoms with van der Waals surface area (Å²) in [6.07, 6.45) is 0.878. The molecule has 2 aromatic rings. The zero-order chi connectivity index (χ0) is 19.6. The smallest absolute Gasteiger partial charge is 0.248 e. The zero-order valence-corrected chi connectivity index (χ0v) is 15.8. The van der Waals surface area contributed by atoms with Gasteiger partial charge < -0.3 is 5.32 Å². The molecule has 1 amide bonds. The van der Waals surface area contributed by atoms with E-state index in [-0.39, 0.29) is 5.69 Å². The monoisotopic (exact) mass is 402 g/mol. The Balaban J connectivity index is 2.37. The zero-order valence-electron chi connectivity index (χ0n) is 14.3. The van der Waals surface area contributed by atoms with Crippen LogP contribution in [0.4, 0.5) is 20.2 Å². The van der Waals surface area contributed by atoms with E-state index in [2.05, 4.69) is 5.32 Å². The molecular formula is C17H17ClF2N2O3S. The molecule has 0 unspecified atom stereocenters. The lowest BCUT2D eigenvalue weighted by molar-refractivity contribution is -0.116. The van der Waals surface area contributed by atoms with Gasteiger partial charge in [-0.3, -0.25) is 9.10 Å². The molecule has 2 aromatic carbocycles. The molecular weight excluding hydrogens is 386 g/mol. The molecule has 0 bridgehead atoms. The van der Waals surface area contributed by atoms with E-state index in [0.29, 0.717) is 16.3 Å². The predicted molar refractivity (Wildman–Crippen MR) is 98.0 cm³/mol. The lowest BCUT2D eigenvalue weighted by atomic mass is 10.2. The molecule has 0 aliphatic heterocycles. The molecule has 0 fully saturated rings. The van der Waals surface area contributed by atoms with Gasteiger partial charge in [-0.1, -0.05) is 17.7 Å². The van der Waals surface area contributed by atoms with Crippen LogP contribution in [0.15, 0.2) is 36.4 Å². The second-order valence-electron chi connectivity index (χ2n) is 5.73. The van der Waals surface area contributed by atoms with Crippen molar-refractivity contribution in [3.8, 4) is 0 Å². The number of nitrogens with one attached hydrogen (secondary N) is 1. The Morgan fingerprint density at radius 3 is 2.42 bits per heavy atom. The van der Waals surface area contributed by atoms with Crippen molar-refractivity contribution >= 4 is 38.9 Å². The van der Waals surface area contributed by atoms with Crippen molar-refractivity contribution in [2.24, 2.45) is 0 Å². The largest absolute Gasteiger partial charge is 0.324 e. The lowest BCUT2D eigenvalue weighted by Crippen LogP contribution is -2.45. The number of nitrogens with zero attached hydrogens (tertiary/aromatic N) is 1. The minimum absolute atomic E-state index is 0.156. The Bertz CT molecular complexity index is 951. The molecule has 26 heavy (non-hydrogen) atoms. The van der Waals surface area contributed by atoms with Crippen LogP contribution >= 0.6 is 11.6 Å². The van der Waals surface area contributed by atoms with Crippen molar-refractivity contribution in [3.63, 3.8) is 0 Å². The van der Waals surface area contributed by atoms with Crippen molar-refractivity contribution in [2.75, 3.05) is 15.9 Å². The number of benzene rings is 2. The number of amides is 1. The summed E-state index contributed by atoms with van der Waals surface area (Å²) in [5, 5.41) is 3.04. The van der Waals surface area contributed by atoms with Gasteiger partial charge in [-0.05, 0) is 43.7 Å². The quantitative estimate of drug-likeness (QED) is 0.828. The van der Waals surface area contributed by atoms with Gasteiger partial charge in [-0.25, -0.2) is 17.2 Å². The first-order valence-electron chi connectivity index (χ1n) is 7.53. The molecule has 5 nitrogen and oxygen atoms in total. The number of sulfonamides is 1. The van der Waals surface area contributed by atoms with E-state index >= 15 is 0 Å². The highest BCUT2D eigenvalue weighted by Crippen LogP contribution is 2.26. The Kier molecular flexibility index (Phi) is 5.87. The van der Waals surface area contributed by atoms with Crippen LogP contribution in [0.3, 0.4) is 0 Å². The summed E-state index contributed by atoms with van der Waals surface area (Å²) < 4.78 is 51.7. The van der Waals surface area contributed by atoms with E-state index in [1.165, 1.54) is 6.92 Å². The highest BCUT2D eigenvalue weighted by Gasteiger charge is 2.30. The molecule has 9 heteroatoms. The van der Waals surface area contributed by atoms with E-state index in [0.717, 1.165) is 28.8 Å². The van der Waals surface area contributed by atoms with Gasteiger partial charge in [0.25, 0.3) is 0 Å². The maximum atomic E-state index is 13.5. The third kappa shape index (κ3) is 4.31. The van der Waals surface area contributed by atoms with Gasteiger partial charge in [0, 0.05) is 16.8 Å². The van der Waals surface area contributed by atoms with Gasteiger partial charge in [-0.2, -0.15) is 0 Å². The van der Waals surface area contributed by atoms with Crippen LogP contribution in [0.5, 0.6) is 0 Å². The molecule has 0 saturated heterocycles. The summed E-state index contributed by atoms with van der Waals surface area (Å²) in [7, 11) is -3.95. The maximum absolute atomic E-state index is 13.5. The van der Waals surface area contributed by atoms with Crippen molar-refractivity contribution in [1.29, 1.82) is 0 Å².